The van der Waals surface area contributed by atoms with Crippen molar-refractivity contribution >= 4 is 23.2 Å². The van der Waals surface area contributed by atoms with Crippen LogP contribution in [0.15, 0.2) is 30.5 Å². The highest BCUT2D eigenvalue weighted by Crippen LogP contribution is 2.25. The van der Waals surface area contributed by atoms with E-state index in [1.165, 1.54) is 24.4 Å². The van der Waals surface area contributed by atoms with Crippen molar-refractivity contribution in [1.82, 2.24) is 4.98 Å². The van der Waals surface area contributed by atoms with E-state index in [-0.39, 0.29) is 17.1 Å². The summed E-state index contributed by atoms with van der Waals surface area (Å²) >= 11 is 5.79. The number of amides is 1. The first-order valence-electron chi connectivity index (χ1n) is 5.43. The lowest BCUT2D eigenvalue weighted by Gasteiger charge is -2.07. The van der Waals surface area contributed by atoms with Gasteiger partial charge in [0.15, 0.2) is 11.5 Å². The van der Waals surface area contributed by atoms with Crippen molar-refractivity contribution in [3.8, 4) is 11.5 Å². The van der Waals surface area contributed by atoms with Gasteiger partial charge in [-0.1, -0.05) is 11.6 Å². The Hall–Kier alpha value is -2.27. The van der Waals surface area contributed by atoms with Crippen LogP contribution in [-0.4, -0.2) is 21.1 Å². The van der Waals surface area contributed by atoms with E-state index in [0.29, 0.717) is 10.8 Å². The van der Waals surface area contributed by atoms with Crippen LogP contribution in [-0.2, 0) is 0 Å². The number of carbonyl (C=O) groups is 1. The maximum absolute atomic E-state index is 11.9. The SMILES string of the molecule is Cc1cc(NC(=O)c2ccc(O)c(O)c2)cnc1Cl. The smallest absolute Gasteiger partial charge is 0.255 e. The number of hydrogen-bond acceptors (Lipinski definition) is 4. The number of hydrogen-bond donors (Lipinski definition) is 3. The fraction of sp³-hybridized carbons (Fsp3) is 0.0769. The van der Waals surface area contributed by atoms with Crippen LogP contribution < -0.4 is 5.32 Å². The number of aromatic nitrogens is 1. The van der Waals surface area contributed by atoms with Crippen LogP contribution in [0.5, 0.6) is 11.5 Å². The highest BCUT2D eigenvalue weighted by atomic mass is 35.5. The van der Waals surface area contributed by atoms with Crippen LogP contribution in [0.25, 0.3) is 0 Å². The summed E-state index contributed by atoms with van der Waals surface area (Å²) in [5, 5.41) is 21.5. The predicted molar refractivity (Wildman–Crippen MR) is 71.7 cm³/mol. The summed E-state index contributed by atoms with van der Waals surface area (Å²) in [7, 11) is 0. The number of pyridine rings is 1. The number of benzene rings is 1. The van der Waals surface area contributed by atoms with Crippen LogP contribution in [0.1, 0.15) is 15.9 Å². The number of nitrogens with one attached hydrogen (secondary N) is 1. The number of phenolic OH excluding ortho intramolecular Hbond substituents is 2. The molecule has 0 spiro atoms. The van der Waals surface area contributed by atoms with E-state index in [9.17, 15) is 15.0 Å². The van der Waals surface area contributed by atoms with Crippen molar-refractivity contribution < 1.29 is 15.0 Å². The molecule has 0 saturated carbocycles. The van der Waals surface area contributed by atoms with Gasteiger partial charge in [-0.25, -0.2) is 4.98 Å². The highest BCUT2D eigenvalue weighted by molar-refractivity contribution is 6.30. The minimum absolute atomic E-state index is 0.225. The van der Waals surface area contributed by atoms with E-state index < -0.39 is 5.91 Å². The topological polar surface area (TPSA) is 82.5 Å². The maximum atomic E-state index is 11.9. The average Bonchev–Trinajstić information content (AvgIpc) is 2.37. The van der Waals surface area contributed by atoms with Crippen molar-refractivity contribution in [2.45, 2.75) is 6.92 Å². The van der Waals surface area contributed by atoms with Crippen molar-refractivity contribution in [1.29, 1.82) is 0 Å². The molecule has 98 valence electrons. The van der Waals surface area contributed by atoms with Gasteiger partial charge in [0.05, 0.1) is 11.9 Å². The summed E-state index contributed by atoms with van der Waals surface area (Å²) < 4.78 is 0. The predicted octanol–water partition coefficient (Wildman–Crippen LogP) is 2.71. The highest BCUT2D eigenvalue weighted by Gasteiger charge is 2.10. The van der Waals surface area contributed by atoms with Gasteiger partial charge in [-0.3, -0.25) is 4.79 Å². The van der Waals surface area contributed by atoms with Crippen LogP contribution in [0.2, 0.25) is 5.15 Å². The zero-order valence-corrected chi connectivity index (χ0v) is 10.8. The minimum atomic E-state index is -0.418. The molecule has 0 aliphatic rings. The second kappa shape index (κ2) is 5.16. The lowest BCUT2D eigenvalue weighted by molar-refractivity contribution is 0.102. The normalized spacial score (nSPS) is 10.2. The first kappa shape index (κ1) is 13.2. The first-order chi connectivity index (χ1) is 8.97. The third kappa shape index (κ3) is 2.95. The van der Waals surface area contributed by atoms with Crippen molar-refractivity contribution in [3.63, 3.8) is 0 Å². The molecule has 5 nitrogen and oxygen atoms in total. The van der Waals surface area contributed by atoms with Gasteiger partial charge < -0.3 is 15.5 Å². The number of phenols is 2. The van der Waals surface area contributed by atoms with Crippen LogP contribution in [0.4, 0.5) is 5.69 Å². The second-order valence-corrected chi connectivity index (χ2v) is 4.35. The van der Waals surface area contributed by atoms with Gasteiger partial charge in [0.2, 0.25) is 0 Å². The molecule has 1 heterocycles. The van der Waals surface area contributed by atoms with Gasteiger partial charge in [-0.15, -0.1) is 0 Å². The van der Waals surface area contributed by atoms with Crippen molar-refractivity contribution in [2.24, 2.45) is 0 Å². The Morgan fingerprint density at radius 3 is 2.63 bits per heavy atom. The van der Waals surface area contributed by atoms with Gasteiger partial charge in [-0.2, -0.15) is 0 Å². The summed E-state index contributed by atoms with van der Waals surface area (Å²) in [6, 6.07) is 5.52. The molecule has 0 fully saturated rings. The number of carbonyl (C=O) groups excluding carboxylic acids is 1. The molecular formula is C13H11ClN2O3. The molecule has 3 N–H and O–H groups in total. The zero-order chi connectivity index (χ0) is 14.0. The molecule has 1 aromatic heterocycles. The number of nitrogens with zero attached hydrogens (tertiary/aromatic N) is 1. The van der Waals surface area contributed by atoms with Crippen molar-refractivity contribution in [3.05, 3.63) is 46.7 Å². The summed E-state index contributed by atoms with van der Waals surface area (Å²) in [5.74, 6) is -1.04. The van der Waals surface area contributed by atoms with E-state index in [1.807, 2.05) is 0 Å². The Kier molecular flexibility index (Phi) is 3.57. The zero-order valence-electron chi connectivity index (χ0n) is 10.0. The number of rotatable bonds is 2. The van der Waals surface area contributed by atoms with Gasteiger partial charge in [-0.05, 0) is 36.8 Å². The van der Waals surface area contributed by atoms with E-state index in [2.05, 4.69) is 10.3 Å². The molecule has 0 radical (unpaired) electrons. The molecule has 0 atom stereocenters. The Morgan fingerprint density at radius 1 is 1.26 bits per heavy atom. The summed E-state index contributed by atoms with van der Waals surface area (Å²) in [4.78, 5) is 15.8. The molecule has 0 unspecified atom stereocenters. The molecule has 2 rings (SSSR count). The molecule has 0 bridgehead atoms. The van der Waals surface area contributed by atoms with E-state index in [0.717, 1.165) is 5.56 Å². The summed E-state index contributed by atoms with van der Waals surface area (Å²) in [6.45, 7) is 1.78. The van der Waals surface area contributed by atoms with Crippen LogP contribution >= 0.6 is 11.6 Å². The quantitative estimate of drug-likeness (QED) is 0.583. The molecular weight excluding hydrogens is 268 g/mol. The summed E-state index contributed by atoms with van der Waals surface area (Å²) in [6.07, 6.45) is 1.44. The number of aryl methyl sites for hydroxylation is 1. The Morgan fingerprint density at radius 2 is 2.00 bits per heavy atom. The molecule has 19 heavy (non-hydrogen) atoms. The largest absolute Gasteiger partial charge is 0.504 e. The Balaban J connectivity index is 2.20. The molecule has 2 aromatic rings. The monoisotopic (exact) mass is 278 g/mol. The van der Waals surface area contributed by atoms with Gasteiger partial charge >= 0.3 is 0 Å². The Bertz CT molecular complexity index is 644. The van der Waals surface area contributed by atoms with Crippen LogP contribution in [0.3, 0.4) is 0 Å². The maximum Gasteiger partial charge on any atom is 0.255 e. The van der Waals surface area contributed by atoms with Crippen molar-refractivity contribution in [2.75, 3.05) is 5.32 Å². The molecule has 0 aliphatic carbocycles. The number of aromatic hydroxyl groups is 2. The van der Waals surface area contributed by atoms with Gasteiger partial charge in [0.25, 0.3) is 5.91 Å². The van der Waals surface area contributed by atoms with E-state index in [1.54, 1.807) is 13.0 Å². The molecule has 0 saturated heterocycles. The lowest BCUT2D eigenvalue weighted by atomic mass is 10.2. The van der Waals surface area contributed by atoms with Gasteiger partial charge in [0.1, 0.15) is 5.15 Å². The van der Waals surface area contributed by atoms with E-state index in [4.69, 9.17) is 11.6 Å². The number of halogens is 1. The third-order valence-electron chi connectivity index (χ3n) is 2.51. The molecule has 1 amide bonds. The lowest BCUT2D eigenvalue weighted by Crippen LogP contribution is -2.12. The minimum Gasteiger partial charge on any atom is -0.504 e. The fourth-order valence-corrected chi connectivity index (χ4v) is 1.60. The molecule has 0 aliphatic heterocycles. The third-order valence-corrected chi connectivity index (χ3v) is 2.91. The van der Waals surface area contributed by atoms with Gasteiger partial charge in [0, 0.05) is 5.56 Å². The van der Waals surface area contributed by atoms with Crippen LogP contribution in [0, 0.1) is 6.92 Å². The Labute approximate surface area is 114 Å². The molecule has 1 aromatic carbocycles. The summed E-state index contributed by atoms with van der Waals surface area (Å²) in [5.41, 5.74) is 1.47. The standard InChI is InChI=1S/C13H11ClN2O3/c1-7-4-9(6-15-12(7)14)16-13(19)8-2-3-10(17)11(18)5-8/h2-6,17-18H,1H3,(H,16,19). The average molecular weight is 279 g/mol. The second-order valence-electron chi connectivity index (χ2n) is 3.99. The van der Waals surface area contributed by atoms with E-state index >= 15 is 0 Å². The molecule has 6 heteroatoms. The number of anilines is 1. The fourth-order valence-electron chi connectivity index (χ4n) is 1.49. The first-order valence-corrected chi connectivity index (χ1v) is 5.80.